The third kappa shape index (κ3) is 6.58. The highest BCUT2D eigenvalue weighted by Gasteiger charge is 2.31. The van der Waals surface area contributed by atoms with Crippen LogP contribution in [-0.2, 0) is 4.74 Å². The average molecular weight is 284 g/mol. The van der Waals surface area contributed by atoms with Crippen LogP contribution in [0.3, 0.4) is 0 Å². The maximum absolute atomic E-state index is 5.88. The molecule has 0 aromatic rings. The summed E-state index contributed by atoms with van der Waals surface area (Å²) in [6, 6.07) is 0. The van der Waals surface area contributed by atoms with Crippen LogP contribution in [0.15, 0.2) is 0 Å². The molecule has 2 nitrogen and oxygen atoms in total. The number of hydrogen-bond donors (Lipinski definition) is 1. The van der Waals surface area contributed by atoms with E-state index in [1.54, 1.807) is 0 Å². The molecule has 0 spiro atoms. The van der Waals surface area contributed by atoms with Gasteiger partial charge in [-0.3, -0.25) is 0 Å². The lowest BCUT2D eigenvalue weighted by Crippen LogP contribution is -2.37. The van der Waals surface area contributed by atoms with Gasteiger partial charge in [-0.15, -0.1) is 0 Å². The van der Waals surface area contributed by atoms with Gasteiger partial charge in [0.15, 0.2) is 0 Å². The number of nitrogens with one attached hydrogen (secondary N) is 1. The second-order valence-electron chi connectivity index (χ2n) is 7.46. The van der Waals surface area contributed by atoms with E-state index in [1.165, 1.54) is 25.8 Å². The van der Waals surface area contributed by atoms with Gasteiger partial charge in [-0.05, 0) is 68.4 Å². The Balaban J connectivity index is 2.43. The van der Waals surface area contributed by atoms with Gasteiger partial charge in [-0.2, -0.15) is 0 Å². The van der Waals surface area contributed by atoms with Gasteiger partial charge in [0.1, 0.15) is 0 Å². The summed E-state index contributed by atoms with van der Waals surface area (Å²) in [6.45, 7) is 15.8. The minimum atomic E-state index is 0.747. The van der Waals surface area contributed by atoms with E-state index in [2.05, 4.69) is 39.9 Å². The first-order valence-electron chi connectivity index (χ1n) is 8.83. The zero-order valence-electron chi connectivity index (χ0n) is 14.5. The second kappa shape index (κ2) is 9.78. The van der Waals surface area contributed by atoms with Crippen molar-refractivity contribution >= 4 is 0 Å². The largest absolute Gasteiger partial charge is 0.381 e. The van der Waals surface area contributed by atoms with E-state index in [0.717, 1.165) is 55.8 Å². The van der Waals surface area contributed by atoms with Gasteiger partial charge in [0.2, 0.25) is 0 Å². The molecule has 3 unspecified atom stereocenters. The molecular weight excluding hydrogens is 246 g/mol. The molecule has 0 amide bonds. The second-order valence-corrected chi connectivity index (χ2v) is 7.46. The first-order valence-corrected chi connectivity index (χ1v) is 8.83. The van der Waals surface area contributed by atoms with Crippen LogP contribution in [0.5, 0.6) is 0 Å². The fraction of sp³-hybridized carbons (Fsp3) is 1.00. The molecule has 0 bridgehead atoms. The molecule has 1 aliphatic carbocycles. The summed E-state index contributed by atoms with van der Waals surface area (Å²) in [5.41, 5.74) is 0. The molecular formula is C18H37NO. The van der Waals surface area contributed by atoms with Crippen LogP contribution in [0, 0.1) is 29.6 Å². The van der Waals surface area contributed by atoms with Crippen LogP contribution in [-0.4, -0.2) is 26.3 Å². The monoisotopic (exact) mass is 283 g/mol. The van der Waals surface area contributed by atoms with Crippen molar-refractivity contribution in [2.24, 2.45) is 29.6 Å². The van der Waals surface area contributed by atoms with Crippen LogP contribution < -0.4 is 5.32 Å². The van der Waals surface area contributed by atoms with Crippen molar-refractivity contribution in [1.82, 2.24) is 5.32 Å². The summed E-state index contributed by atoms with van der Waals surface area (Å²) in [4.78, 5) is 0. The maximum Gasteiger partial charge on any atom is 0.0497 e. The highest BCUT2D eigenvalue weighted by Crippen LogP contribution is 2.37. The van der Waals surface area contributed by atoms with Gasteiger partial charge < -0.3 is 10.1 Å². The van der Waals surface area contributed by atoms with Crippen molar-refractivity contribution in [1.29, 1.82) is 0 Å². The predicted molar refractivity (Wildman–Crippen MR) is 88.0 cm³/mol. The number of rotatable bonds is 9. The summed E-state index contributed by atoms with van der Waals surface area (Å²) in [7, 11) is 0. The van der Waals surface area contributed by atoms with E-state index < -0.39 is 0 Å². The first kappa shape index (κ1) is 18.0. The molecule has 0 aromatic heterocycles. The highest BCUT2D eigenvalue weighted by atomic mass is 16.5. The van der Waals surface area contributed by atoms with E-state index in [1.807, 2.05) is 0 Å². The summed E-state index contributed by atoms with van der Waals surface area (Å²) in [5.74, 6) is 4.07. The SMILES string of the molecule is CCCOCC1CC(C(C)C)CCC1CNCC(C)C. The Labute approximate surface area is 127 Å². The zero-order valence-corrected chi connectivity index (χ0v) is 14.5. The average Bonchev–Trinajstić information content (AvgIpc) is 2.39. The molecule has 2 heteroatoms. The minimum Gasteiger partial charge on any atom is -0.381 e. The Kier molecular flexibility index (Phi) is 8.79. The highest BCUT2D eigenvalue weighted by molar-refractivity contribution is 4.83. The van der Waals surface area contributed by atoms with Crippen LogP contribution >= 0.6 is 0 Å². The molecule has 0 aromatic carbocycles. The molecule has 0 saturated heterocycles. The fourth-order valence-electron chi connectivity index (χ4n) is 3.38. The van der Waals surface area contributed by atoms with Crippen LogP contribution in [0.25, 0.3) is 0 Å². The number of hydrogen-bond acceptors (Lipinski definition) is 2. The molecule has 3 atom stereocenters. The van der Waals surface area contributed by atoms with E-state index in [0.29, 0.717) is 0 Å². The summed E-state index contributed by atoms with van der Waals surface area (Å²) in [6.07, 6.45) is 5.30. The molecule has 0 aliphatic heterocycles. The van der Waals surface area contributed by atoms with E-state index in [-0.39, 0.29) is 0 Å². The zero-order chi connectivity index (χ0) is 15.0. The fourth-order valence-corrected chi connectivity index (χ4v) is 3.38. The topological polar surface area (TPSA) is 21.3 Å². The van der Waals surface area contributed by atoms with Gasteiger partial charge >= 0.3 is 0 Å². The summed E-state index contributed by atoms with van der Waals surface area (Å²) in [5, 5.41) is 3.66. The van der Waals surface area contributed by atoms with Crippen molar-refractivity contribution in [3.8, 4) is 0 Å². The van der Waals surface area contributed by atoms with Gasteiger partial charge in [0.05, 0.1) is 0 Å². The maximum atomic E-state index is 5.88. The van der Waals surface area contributed by atoms with Crippen LogP contribution in [0.4, 0.5) is 0 Å². The lowest BCUT2D eigenvalue weighted by atomic mass is 9.71. The molecule has 20 heavy (non-hydrogen) atoms. The molecule has 1 aliphatic rings. The molecule has 1 saturated carbocycles. The first-order chi connectivity index (χ1) is 9.54. The molecule has 1 N–H and O–H groups in total. The summed E-state index contributed by atoms with van der Waals surface area (Å²) >= 11 is 0. The Morgan fingerprint density at radius 1 is 1.10 bits per heavy atom. The predicted octanol–water partition coefficient (Wildman–Crippen LogP) is 4.35. The smallest absolute Gasteiger partial charge is 0.0497 e. The Hall–Kier alpha value is -0.0800. The third-order valence-electron chi connectivity index (χ3n) is 4.76. The third-order valence-corrected chi connectivity index (χ3v) is 4.76. The Morgan fingerprint density at radius 3 is 2.45 bits per heavy atom. The van der Waals surface area contributed by atoms with Gasteiger partial charge in [-0.25, -0.2) is 0 Å². The van der Waals surface area contributed by atoms with E-state index in [9.17, 15) is 0 Å². The van der Waals surface area contributed by atoms with Crippen molar-refractivity contribution in [2.45, 2.75) is 60.3 Å². The molecule has 1 fully saturated rings. The normalized spacial score (nSPS) is 27.4. The number of ether oxygens (including phenoxy) is 1. The summed E-state index contributed by atoms with van der Waals surface area (Å²) < 4.78 is 5.88. The Morgan fingerprint density at radius 2 is 1.85 bits per heavy atom. The minimum absolute atomic E-state index is 0.747. The van der Waals surface area contributed by atoms with Crippen molar-refractivity contribution in [3.05, 3.63) is 0 Å². The van der Waals surface area contributed by atoms with Gasteiger partial charge in [0, 0.05) is 13.2 Å². The molecule has 1 rings (SSSR count). The van der Waals surface area contributed by atoms with Gasteiger partial charge in [-0.1, -0.05) is 34.6 Å². The lowest BCUT2D eigenvalue weighted by molar-refractivity contribution is 0.0372. The van der Waals surface area contributed by atoms with Crippen molar-refractivity contribution in [2.75, 3.05) is 26.3 Å². The Bertz CT molecular complexity index is 238. The standard InChI is InChI=1S/C18H37NO/c1-6-9-20-13-18-10-16(15(4)5)7-8-17(18)12-19-11-14(2)3/h14-19H,6-13H2,1-5H3. The van der Waals surface area contributed by atoms with Crippen molar-refractivity contribution in [3.63, 3.8) is 0 Å². The van der Waals surface area contributed by atoms with E-state index in [4.69, 9.17) is 4.74 Å². The van der Waals surface area contributed by atoms with Crippen LogP contribution in [0.2, 0.25) is 0 Å². The molecule has 0 heterocycles. The molecule has 120 valence electrons. The molecule has 0 radical (unpaired) electrons. The van der Waals surface area contributed by atoms with Crippen LogP contribution in [0.1, 0.15) is 60.3 Å². The quantitative estimate of drug-likeness (QED) is 0.635. The lowest BCUT2D eigenvalue weighted by Gasteiger charge is -2.38. The van der Waals surface area contributed by atoms with E-state index >= 15 is 0 Å². The van der Waals surface area contributed by atoms with Gasteiger partial charge in [0.25, 0.3) is 0 Å². The van der Waals surface area contributed by atoms with Crippen molar-refractivity contribution < 1.29 is 4.74 Å².